The lowest BCUT2D eigenvalue weighted by atomic mass is 9.87. The maximum atomic E-state index is 12.2. The van der Waals surface area contributed by atoms with Crippen molar-refractivity contribution in [2.45, 2.75) is 39.2 Å². The van der Waals surface area contributed by atoms with Gasteiger partial charge >= 0.3 is 0 Å². The van der Waals surface area contributed by atoms with Gasteiger partial charge in [0.2, 0.25) is 5.91 Å². The van der Waals surface area contributed by atoms with E-state index < -0.39 is 0 Å². The number of rotatable bonds is 6. The standard InChI is InChI=1S/C21H25ClN2O2/c1-21(2,3)17-10-8-15(9-11-17)20(26)23-13-12-19(25)24-14-16-6-4-5-7-18(16)22/h4-11H,12-14H2,1-3H3,(H,23,26)(H,24,25). The molecule has 0 aromatic heterocycles. The molecule has 2 amide bonds. The number of nitrogens with one attached hydrogen (secondary N) is 2. The molecule has 26 heavy (non-hydrogen) atoms. The van der Waals surface area contributed by atoms with Crippen molar-refractivity contribution in [2.24, 2.45) is 0 Å². The number of halogens is 1. The van der Waals surface area contributed by atoms with Crippen molar-refractivity contribution in [1.29, 1.82) is 0 Å². The van der Waals surface area contributed by atoms with Crippen LogP contribution >= 0.6 is 11.6 Å². The van der Waals surface area contributed by atoms with Crippen LogP contribution in [0.15, 0.2) is 48.5 Å². The van der Waals surface area contributed by atoms with Crippen LogP contribution in [-0.4, -0.2) is 18.4 Å². The Bertz CT molecular complexity index is 764. The molecule has 0 saturated carbocycles. The van der Waals surface area contributed by atoms with Gasteiger partial charge in [-0.25, -0.2) is 0 Å². The largest absolute Gasteiger partial charge is 0.352 e. The summed E-state index contributed by atoms with van der Waals surface area (Å²) >= 11 is 6.05. The number of carbonyl (C=O) groups excluding carboxylic acids is 2. The molecule has 0 saturated heterocycles. The fourth-order valence-corrected chi connectivity index (χ4v) is 2.64. The van der Waals surface area contributed by atoms with E-state index in [1.54, 1.807) is 6.07 Å². The molecule has 2 rings (SSSR count). The summed E-state index contributed by atoms with van der Waals surface area (Å²) in [6.45, 7) is 7.05. The molecule has 138 valence electrons. The summed E-state index contributed by atoms with van der Waals surface area (Å²) in [5.41, 5.74) is 2.68. The number of benzene rings is 2. The molecule has 0 aliphatic carbocycles. The Morgan fingerprint density at radius 1 is 0.962 bits per heavy atom. The lowest BCUT2D eigenvalue weighted by Gasteiger charge is -2.19. The third kappa shape index (κ3) is 5.88. The number of hydrogen-bond acceptors (Lipinski definition) is 2. The normalized spacial score (nSPS) is 11.1. The lowest BCUT2D eigenvalue weighted by Crippen LogP contribution is -2.30. The minimum absolute atomic E-state index is 0.0503. The average molecular weight is 373 g/mol. The Hall–Kier alpha value is -2.33. The summed E-state index contributed by atoms with van der Waals surface area (Å²) in [5, 5.41) is 6.20. The predicted molar refractivity (Wildman–Crippen MR) is 105 cm³/mol. The van der Waals surface area contributed by atoms with Crippen molar-refractivity contribution < 1.29 is 9.59 Å². The molecule has 2 N–H and O–H groups in total. The van der Waals surface area contributed by atoms with Gasteiger partial charge in [0.05, 0.1) is 0 Å². The van der Waals surface area contributed by atoms with Gasteiger partial charge in [-0.1, -0.05) is 62.7 Å². The summed E-state index contributed by atoms with van der Waals surface area (Å²) in [4.78, 5) is 24.0. The molecule has 0 aliphatic rings. The molecule has 2 aromatic carbocycles. The van der Waals surface area contributed by atoms with Gasteiger partial charge in [0.15, 0.2) is 0 Å². The predicted octanol–water partition coefficient (Wildman–Crippen LogP) is 4.07. The Balaban J connectivity index is 1.75. The molecule has 0 bridgehead atoms. The van der Waals surface area contributed by atoms with Gasteiger partial charge in [-0.2, -0.15) is 0 Å². The van der Waals surface area contributed by atoms with Crippen LogP contribution in [0.5, 0.6) is 0 Å². The van der Waals surface area contributed by atoms with E-state index in [2.05, 4.69) is 31.4 Å². The summed E-state index contributed by atoms with van der Waals surface area (Å²) in [6.07, 6.45) is 0.219. The quantitative estimate of drug-likeness (QED) is 0.802. The van der Waals surface area contributed by atoms with E-state index in [4.69, 9.17) is 11.6 Å². The van der Waals surface area contributed by atoms with Crippen LogP contribution in [0.1, 0.15) is 48.7 Å². The van der Waals surface area contributed by atoms with Crippen LogP contribution in [0.3, 0.4) is 0 Å². The van der Waals surface area contributed by atoms with Gasteiger partial charge in [0, 0.05) is 30.1 Å². The van der Waals surface area contributed by atoms with Gasteiger partial charge < -0.3 is 10.6 Å². The van der Waals surface area contributed by atoms with Crippen molar-refractivity contribution in [3.05, 3.63) is 70.2 Å². The highest BCUT2D eigenvalue weighted by Gasteiger charge is 2.14. The molecule has 0 atom stereocenters. The topological polar surface area (TPSA) is 58.2 Å². The maximum Gasteiger partial charge on any atom is 0.251 e. The molecule has 0 radical (unpaired) electrons. The fraction of sp³-hybridized carbons (Fsp3) is 0.333. The monoisotopic (exact) mass is 372 g/mol. The Kier molecular flexibility index (Phi) is 6.81. The van der Waals surface area contributed by atoms with Crippen LogP contribution in [0.2, 0.25) is 5.02 Å². The van der Waals surface area contributed by atoms with E-state index in [0.29, 0.717) is 17.1 Å². The zero-order chi connectivity index (χ0) is 19.2. The van der Waals surface area contributed by atoms with Crippen molar-refractivity contribution in [1.82, 2.24) is 10.6 Å². The van der Waals surface area contributed by atoms with Crippen LogP contribution in [0.4, 0.5) is 0 Å². The van der Waals surface area contributed by atoms with E-state index >= 15 is 0 Å². The Morgan fingerprint density at radius 3 is 2.23 bits per heavy atom. The smallest absolute Gasteiger partial charge is 0.251 e. The second-order valence-corrected chi connectivity index (χ2v) is 7.61. The minimum atomic E-state index is -0.177. The molecule has 0 fully saturated rings. The minimum Gasteiger partial charge on any atom is -0.352 e. The van der Waals surface area contributed by atoms with Gasteiger partial charge in [-0.05, 0) is 34.7 Å². The van der Waals surface area contributed by atoms with E-state index in [-0.39, 0.29) is 30.2 Å². The highest BCUT2D eigenvalue weighted by atomic mass is 35.5. The first-order valence-electron chi connectivity index (χ1n) is 8.66. The van der Waals surface area contributed by atoms with Crippen LogP contribution < -0.4 is 10.6 Å². The SMILES string of the molecule is CC(C)(C)c1ccc(C(=O)NCCC(=O)NCc2ccccc2Cl)cc1. The average Bonchev–Trinajstić information content (AvgIpc) is 2.60. The van der Waals surface area contributed by atoms with Gasteiger partial charge in [-0.3, -0.25) is 9.59 Å². The molecule has 2 aromatic rings. The van der Waals surface area contributed by atoms with Crippen LogP contribution in [0, 0.1) is 0 Å². The van der Waals surface area contributed by atoms with Crippen molar-refractivity contribution in [3.8, 4) is 0 Å². The summed E-state index contributed by atoms with van der Waals surface area (Å²) in [7, 11) is 0. The first-order valence-corrected chi connectivity index (χ1v) is 9.04. The van der Waals surface area contributed by atoms with E-state index in [1.807, 2.05) is 42.5 Å². The number of carbonyl (C=O) groups is 2. The molecule has 5 heteroatoms. The molecule has 0 aliphatic heterocycles. The van der Waals surface area contributed by atoms with Gasteiger partial charge in [-0.15, -0.1) is 0 Å². The number of hydrogen-bond donors (Lipinski definition) is 2. The second-order valence-electron chi connectivity index (χ2n) is 7.20. The third-order valence-electron chi connectivity index (χ3n) is 4.08. The lowest BCUT2D eigenvalue weighted by molar-refractivity contribution is -0.121. The fourth-order valence-electron chi connectivity index (χ4n) is 2.44. The van der Waals surface area contributed by atoms with Crippen molar-refractivity contribution in [3.63, 3.8) is 0 Å². The molecular weight excluding hydrogens is 348 g/mol. The van der Waals surface area contributed by atoms with E-state index in [1.165, 1.54) is 5.56 Å². The Morgan fingerprint density at radius 2 is 1.62 bits per heavy atom. The highest BCUT2D eigenvalue weighted by molar-refractivity contribution is 6.31. The Labute approximate surface area is 159 Å². The molecule has 0 unspecified atom stereocenters. The van der Waals surface area contributed by atoms with Crippen molar-refractivity contribution in [2.75, 3.05) is 6.54 Å². The summed E-state index contributed by atoms with van der Waals surface area (Å²) in [6, 6.07) is 14.9. The van der Waals surface area contributed by atoms with Crippen molar-refractivity contribution >= 4 is 23.4 Å². The van der Waals surface area contributed by atoms with Crippen LogP contribution in [0.25, 0.3) is 0 Å². The number of amides is 2. The molecule has 0 spiro atoms. The first-order chi connectivity index (χ1) is 12.3. The van der Waals surface area contributed by atoms with Gasteiger partial charge in [0.25, 0.3) is 5.91 Å². The maximum absolute atomic E-state index is 12.2. The van der Waals surface area contributed by atoms with Gasteiger partial charge in [0.1, 0.15) is 0 Å². The molecular formula is C21H25ClN2O2. The zero-order valence-electron chi connectivity index (χ0n) is 15.4. The highest BCUT2D eigenvalue weighted by Crippen LogP contribution is 2.22. The second kappa shape index (κ2) is 8.86. The van der Waals surface area contributed by atoms with E-state index in [0.717, 1.165) is 5.56 Å². The summed E-state index contributed by atoms with van der Waals surface area (Å²) < 4.78 is 0. The molecule has 4 nitrogen and oxygen atoms in total. The molecule has 0 heterocycles. The summed E-state index contributed by atoms with van der Waals surface area (Å²) in [5.74, 6) is -0.308. The third-order valence-corrected chi connectivity index (χ3v) is 4.45. The van der Waals surface area contributed by atoms with Crippen LogP contribution in [-0.2, 0) is 16.8 Å². The first kappa shape index (κ1) is 20.0. The van der Waals surface area contributed by atoms with E-state index in [9.17, 15) is 9.59 Å². The zero-order valence-corrected chi connectivity index (χ0v) is 16.2.